The first kappa shape index (κ1) is 16.1. The second kappa shape index (κ2) is 7.65. The SMILES string of the molecule is COc1ccccc1/C=N/NC(=O)CSc1nc2ccccc2[nH]1. The molecular formula is C17H16N4O2S. The molecule has 0 bridgehead atoms. The lowest BCUT2D eigenvalue weighted by molar-refractivity contribution is -0.118. The molecule has 1 aromatic heterocycles. The second-order valence-corrected chi connectivity index (χ2v) is 5.85. The van der Waals surface area contributed by atoms with Crippen molar-refractivity contribution in [2.75, 3.05) is 12.9 Å². The number of imidazole rings is 1. The van der Waals surface area contributed by atoms with Crippen LogP contribution in [0.3, 0.4) is 0 Å². The minimum absolute atomic E-state index is 0.202. The lowest BCUT2D eigenvalue weighted by Crippen LogP contribution is -2.19. The summed E-state index contributed by atoms with van der Waals surface area (Å²) in [5.41, 5.74) is 5.13. The number of hydrazone groups is 1. The Hall–Kier alpha value is -2.80. The number of methoxy groups -OCH3 is 1. The Bertz CT molecular complexity index is 843. The molecule has 0 saturated heterocycles. The zero-order chi connectivity index (χ0) is 16.8. The first-order chi connectivity index (χ1) is 11.8. The van der Waals surface area contributed by atoms with Gasteiger partial charge in [0.1, 0.15) is 5.75 Å². The van der Waals surface area contributed by atoms with Gasteiger partial charge in [-0.25, -0.2) is 10.4 Å². The summed E-state index contributed by atoms with van der Waals surface area (Å²) < 4.78 is 5.22. The fourth-order valence-electron chi connectivity index (χ4n) is 2.11. The van der Waals surface area contributed by atoms with Crippen LogP contribution in [0.4, 0.5) is 0 Å². The number of fused-ring (bicyclic) bond motifs is 1. The quantitative estimate of drug-likeness (QED) is 0.411. The maximum absolute atomic E-state index is 11.9. The van der Waals surface area contributed by atoms with Crippen molar-refractivity contribution in [3.05, 3.63) is 54.1 Å². The molecule has 3 rings (SSSR count). The maximum atomic E-state index is 11.9. The Labute approximate surface area is 143 Å². The smallest absolute Gasteiger partial charge is 0.250 e. The number of aromatic nitrogens is 2. The number of hydrogen-bond acceptors (Lipinski definition) is 5. The molecule has 122 valence electrons. The molecule has 2 aromatic carbocycles. The van der Waals surface area contributed by atoms with Gasteiger partial charge in [0.2, 0.25) is 0 Å². The molecule has 1 amide bonds. The number of para-hydroxylation sites is 3. The predicted octanol–water partition coefficient (Wildman–Crippen LogP) is 2.81. The third kappa shape index (κ3) is 3.94. The Kier molecular flexibility index (Phi) is 5.12. The summed E-state index contributed by atoms with van der Waals surface area (Å²) in [5.74, 6) is 0.724. The highest BCUT2D eigenvalue weighted by molar-refractivity contribution is 7.99. The molecule has 0 spiro atoms. The van der Waals surface area contributed by atoms with Crippen molar-refractivity contribution in [1.29, 1.82) is 0 Å². The standard InChI is InChI=1S/C17H16N4O2S/c1-23-15-9-5-2-6-12(15)10-18-21-16(22)11-24-17-19-13-7-3-4-8-14(13)20-17/h2-10H,11H2,1H3,(H,19,20)(H,21,22)/b18-10+. The van der Waals surface area contributed by atoms with Crippen LogP contribution in [0.5, 0.6) is 5.75 Å². The van der Waals surface area contributed by atoms with Gasteiger partial charge in [-0.1, -0.05) is 36.0 Å². The minimum Gasteiger partial charge on any atom is -0.496 e. The van der Waals surface area contributed by atoms with Gasteiger partial charge in [0.05, 0.1) is 30.1 Å². The van der Waals surface area contributed by atoms with Crippen LogP contribution in [0.2, 0.25) is 0 Å². The van der Waals surface area contributed by atoms with Gasteiger partial charge in [-0.05, 0) is 24.3 Å². The summed E-state index contributed by atoms with van der Waals surface area (Å²) >= 11 is 1.33. The van der Waals surface area contributed by atoms with E-state index in [1.807, 2.05) is 48.5 Å². The number of benzene rings is 2. The summed E-state index contributed by atoms with van der Waals surface area (Å²) in [4.78, 5) is 19.4. The highest BCUT2D eigenvalue weighted by atomic mass is 32.2. The second-order valence-electron chi connectivity index (χ2n) is 4.88. The molecule has 1 heterocycles. The minimum atomic E-state index is -0.202. The van der Waals surface area contributed by atoms with E-state index in [0.29, 0.717) is 10.9 Å². The number of ether oxygens (including phenoxy) is 1. The number of nitrogens with one attached hydrogen (secondary N) is 2. The van der Waals surface area contributed by atoms with Crippen molar-refractivity contribution in [2.24, 2.45) is 5.10 Å². The average Bonchev–Trinajstić information content (AvgIpc) is 3.03. The highest BCUT2D eigenvalue weighted by Gasteiger charge is 2.06. The third-order valence-electron chi connectivity index (χ3n) is 3.24. The summed E-state index contributed by atoms with van der Waals surface area (Å²) in [6.07, 6.45) is 1.56. The Balaban J connectivity index is 1.53. The molecule has 0 atom stereocenters. The molecule has 0 aliphatic carbocycles. The molecule has 7 heteroatoms. The number of rotatable bonds is 6. The first-order valence-electron chi connectivity index (χ1n) is 7.29. The lowest BCUT2D eigenvalue weighted by Gasteiger charge is -2.03. The van der Waals surface area contributed by atoms with Gasteiger partial charge in [0, 0.05) is 5.56 Å². The molecule has 6 nitrogen and oxygen atoms in total. The number of amides is 1. The lowest BCUT2D eigenvalue weighted by atomic mass is 10.2. The van der Waals surface area contributed by atoms with Gasteiger partial charge in [-0.15, -0.1) is 0 Å². The van der Waals surface area contributed by atoms with E-state index in [-0.39, 0.29) is 11.7 Å². The molecular weight excluding hydrogens is 324 g/mol. The first-order valence-corrected chi connectivity index (χ1v) is 8.27. The topological polar surface area (TPSA) is 79.4 Å². The van der Waals surface area contributed by atoms with E-state index in [2.05, 4.69) is 20.5 Å². The Morgan fingerprint density at radius 3 is 2.92 bits per heavy atom. The van der Waals surface area contributed by atoms with E-state index < -0.39 is 0 Å². The number of H-pyrrole nitrogens is 1. The molecule has 0 saturated carbocycles. The van der Waals surface area contributed by atoms with Gasteiger partial charge in [0.25, 0.3) is 5.91 Å². The van der Waals surface area contributed by atoms with Crippen LogP contribution in [0, 0.1) is 0 Å². The Morgan fingerprint density at radius 1 is 1.29 bits per heavy atom. The van der Waals surface area contributed by atoms with Gasteiger partial charge >= 0.3 is 0 Å². The van der Waals surface area contributed by atoms with Gasteiger partial charge in [-0.3, -0.25) is 4.79 Å². The van der Waals surface area contributed by atoms with Crippen molar-refractivity contribution < 1.29 is 9.53 Å². The molecule has 24 heavy (non-hydrogen) atoms. The van der Waals surface area contributed by atoms with Crippen molar-refractivity contribution >= 4 is 34.9 Å². The molecule has 0 aliphatic heterocycles. The fraction of sp³-hybridized carbons (Fsp3) is 0.118. The number of nitrogens with zero attached hydrogens (tertiary/aromatic N) is 2. The van der Waals surface area contributed by atoms with E-state index in [0.717, 1.165) is 16.6 Å². The molecule has 0 aliphatic rings. The zero-order valence-electron chi connectivity index (χ0n) is 13.0. The summed E-state index contributed by atoms with van der Waals surface area (Å²) in [6.45, 7) is 0. The molecule has 0 radical (unpaired) electrons. The van der Waals surface area contributed by atoms with Crippen LogP contribution in [0.25, 0.3) is 11.0 Å². The van der Waals surface area contributed by atoms with Gasteiger partial charge in [0.15, 0.2) is 5.16 Å². The number of carbonyl (C=O) groups is 1. The Morgan fingerprint density at radius 2 is 2.08 bits per heavy atom. The number of carbonyl (C=O) groups excluding carboxylic acids is 1. The number of aromatic amines is 1. The number of thioether (sulfide) groups is 1. The van der Waals surface area contributed by atoms with E-state index in [1.165, 1.54) is 11.8 Å². The monoisotopic (exact) mass is 340 g/mol. The van der Waals surface area contributed by atoms with Crippen molar-refractivity contribution in [2.45, 2.75) is 5.16 Å². The largest absolute Gasteiger partial charge is 0.496 e. The normalized spacial score (nSPS) is 11.0. The molecule has 0 unspecified atom stereocenters. The molecule has 2 N–H and O–H groups in total. The van der Waals surface area contributed by atoms with Crippen LogP contribution < -0.4 is 10.2 Å². The maximum Gasteiger partial charge on any atom is 0.250 e. The van der Waals surface area contributed by atoms with Crippen molar-refractivity contribution in [3.8, 4) is 5.75 Å². The van der Waals surface area contributed by atoms with E-state index in [1.54, 1.807) is 13.3 Å². The predicted molar refractivity (Wildman–Crippen MR) is 95.5 cm³/mol. The van der Waals surface area contributed by atoms with Crippen molar-refractivity contribution in [1.82, 2.24) is 15.4 Å². The van der Waals surface area contributed by atoms with E-state index >= 15 is 0 Å². The summed E-state index contributed by atoms with van der Waals surface area (Å²) in [7, 11) is 1.59. The third-order valence-corrected chi connectivity index (χ3v) is 4.11. The van der Waals surface area contributed by atoms with Crippen LogP contribution >= 0.6 is 11.8 Å². The van der Waals surface area contributed by atoms with Crippen LogP contribution in [0.15, 0.2) is 58.8 Å². The fourth-order valence-corrected chi connectivity index (χ4v) is 2.79. The zero-order valence-corrected chi connectivity index (χ0v) is 13.8. The molecule has 3 aromatic rings. The highest BCUT2D eigenvalue weighted by Crippen LogP contribution is 2.18. The van der Waals surface area contributed by atoms with Gasteiger partial charge < -0.3 is 9.72 Å². The van der Waals surface area contributed by atoms with Gasteiger partial charge in [-0.2, -0.15) is 5.10 Å². The van der Waals surface area contributed by atoms with E-state index in [9.17, 15) is 4.79 Å². The molecule has 0 fully saturated rings. The summed E-state index contributed by atoms with van der Waals surface area (Å²) in [6, 6.07) is 15.2. The average molecular weight is 340 g/mol. The number of hydrogen-bond donors (Lipinski definition) is 2. The van der Waals surface area contributed by atoms with Crippen molar-refractivity contribution in [3.63, 3.8) is 0 Å². The van der Waals surface area contributed by atoms with Crippen LogP contribution in [-0.2, 0) is 4.79 Å². The van der Waals surface area contributed by atoms with E-state index in [4.69, 9.17) is 4.74 Å². The summed E-state index contributed by atoms with van der Waals surface area (Å²) in [5, 5.41) is 4.67. The van der Waals surface area contributed by atoms with Crippen LogP contribution in [-0.4, -0.2) is 35.0 Å². The van der Waals surface area contributed by atoms with Crippen LogP contribution in [0.1, 0.15) is 5.56 Å².